The third-order valence-electron chi connectivity index (χ3n) is 1.94. The molecule has 0 bridgehead atoms. The van der Waals surface area contributed by atoms with Crippen LogP contribution in [-0.2, 0) is 6.42 Å². The van der Waals surface area contributed by atoms with Crippen molar-refractivity contribution >= 4 is 30.6 Å². The second kappa shape index (κ2) is 4.48. The number of rotatable bonds is 0. The summed E-state index contributed by atoms with van der Waals surface area (Å²) in [7, 11) is 0. The Morgan fingerprint density at radius 2 is 1.67 bits per heavy atom. The Morgan fingerprint density at radius 3 is 2.33 bits per heavy atom. The van der Waals surface area contributed by atoms with E-state index in [0.29, 0.717) is 12.2 Å². The van der Waals surface area contributed by atoms with Gasteiger partial charge in [-0.1, -0.05) is 24.3 Å². The molecule has 0 radical (unpaired) electrons. The average Bonchev–Trinajstić information content (AvgIpc) is 2.34. The Kier molecular flexibility index (Phi) is 4.29. The largest absolute Gasteiger partial charge is 0.294 e. The molecular weight excluding hydrogens is 195 g/mol. The third kappa shape index (κ3) is 1.79. The first-order valence-corrected chi connectivity index (χ1v) is 3.49. The number of ketones is 1. The van der Waals surface area contributed by atoms with Gasteiger partial charge in [0.2, 0.25) is 0 Å². The second-order valence-electron chi connectivity index (χ2n) is 2.58. The fourth-order valence-corrected chi connectivity index (χ4v) is 1.39. The van der Waals surface area contributed by atoms with Crippen molar-refractivity contribution in [3.05, 3.63) is 35.4 Å². The van der Waals surface area contributed by atoms with Crippen molar-refractivity contribution in [3.63, 3.8) is 0 Å². The van der Waals surface area contributed by atoms with E-state index in [1.54, 1.807) is 0 Å². The van der Waals surface area contributed by atoms with Crippen LogP contribution in [-0.4, -0.2) is 5.78 Å². The van der Waals surface area contributed by atoms with Crippen LogP contribution in [0.15, 0.2) is 24.3 Å². The molecule has 0 N–H and O–H groups in total. The first-order chi connectivity index (χ1) is 4.88. The summed E-state index contributed by atoms with van der Waals surface area (Å²) in [6.07, 6.45) is 1.65. The number of aryl methyl sites for hydroxylation is 1. The zero-order chi connectivity index (χ0) is 6.97. The van der Waals surface area contributed by atoms with Gasteiger partial charge in [0, 0.05) is 12.0 Å². The molecule has 1 aromatic rings. The summed E-state index contributed by atoms with van der Waals surface area (Å²) in [6.45, 7) is 0. The van der Waals surface area contributed by atoms with Crippen LogP contribution in [0.5, 0.6) is 0 Å². The Labute approximate surface area is 84.0 Å². The molecule has 0 spiro atoms. The van der Waals surface area contributed by atoms with Gasteiger partial charge in [-0.15, -0.1) is 24.8 Å². The van der Waals surface area contributed by atoms with Gasteiger partial charge in [-0.05, 0) is 12.0 Å². The van der Waals surface area contributed by atoms with Crippen LogP contribution in [0.4, 0.5) is 0 Å². The van der Waals surface area contributed by atoms with Gasteiger partial charge in [0.25, 0.3) is 0 Å². The van der Waals surface area contributed by atoms with Crippen LogP contribution >= 0.6 is 24.8 Å². The monoisotopic (exact) mass is 204 g/mol. The minimum absolute atomic E-state index is 0. The Bertz CT molecular complexity index is 284. The van der Waals surface area contributed by atoms with Crippen molar-refractivity contribution in [3.8, 4) is 0 Å². The van der Waals surface area contributed by atoms with Gasteiger partial charge >= 0.3 is 0 Å². The third-order valence-corrected chi connectivity index (χ3v) is 1.94. The topological polar surface area (TPSA) is 17.1 Å². The van der Waals surface area contributed by atoms with E-state index in [1.165, 1.54) is 5.56 Å². The van der Waals surface area contributed by atoms with Crippen LogP contribution in [0.3, 0.4) is 0 Å². The van der Waals surface area contributed by atoms with Gasteiger partial charge in [0.15, 0.2) is 5.78 Å². The normalized spacial score (nSPS) is 12.8. The predicted molar refractivity (Wildman–Crippen MR) is 53.6 cm³/mol. The van der Waals surface area contributed by atoms with Gasteiger partial charge in [-0.3, -0.25) is 4.79 Å². The number of carbonyl (C=O) groups excluding carboxylic acids is 1. The molecule has 0 atom stereocenters. The first-order valence-electron chi connectivity index (χ1n) is 3.49. The van der Waals surface area contributed by atoms with Crippen molar-refractivity contribution in [2.75, 3.05) is 0 Å². The molecule has 0 fully saturated rings. The molecule has 1 aliphatic carbocycles. The SMILES string of the molecule is Cl.Cl.O=C1CCc2ccccc21. The van der Waals surface area contributed by atoms with E-state index < -0.39 is 0 Å². The molecule has 0 unspecified atom stereocenters. The molecule has 0 heterocycles. The van der Waals surface area contributed by atoms with Crippen molar-refractivity contribution < 1.29 is 4.79 Å². The number of Topliss-reactive ketones (excluding diaryl/α,β-unsaturated/α-hetero) is 1. The Morgan fingerprint density at radius 1 is 1.00 bits per heavy atom. The van der Waals surface area contributed by atoms with Crippen molar-refractivity contribution in [2.45, 2.75) is 12.8 Å². The highest BCUT2D eigenvalue weighted by molar-refractivity contribution is 6.00. The van der Waals surface area contributed by atoms with E-state index in [-0.39, 0.29) is 24.8 Å². The Balaban J connectivity index is 0.000000605. The number of halogens is 2. The first kappa shape index (κ1) is 11.5. The maximum atomic E-state index is 11.1. The zero-order valence-corrected chi connectivity index (χ0v) is 8.08. The predicted octanol–water partition coefficient (Wildman–Crippen LogP) is 2.66. The lowest BCUT2D eigenvalue weighted by Crippen LogP contribution is -1.88. The second-order valence-corrected chi connectivity index (χ2v) is 2.58. The molecule has 1 aromatic carbocycles. The van der Waals surface area contributed by atoms with Crippen LogP contribution < -0.4 is 0 Å². The fraction of sp³-hybridized carbons (Fsp3) is 0.222. The van der Waals surface area contributed by atoms with E-state index in [2.05, 4.69) is 0 Å². The summed E-state index contributed by atoms with van der Waals surface area (Å²) >= 11 is 0. The molecule has 3 heteroatoms. The summed E-state index contributed by atoms with van der Waals surface area (Å²) in [5.74, 6) is 0.301. The molecule has 2 rings (SSSR count). The van der Waals surface area contributed by atoms with Crippen LogP contribution in [0.1, 0.15) is 22.3 Å². The van der Waals surface area contributed by atoms with Gasteiger partial charge < -0.3 is 0 Å². The lowest BCUT2D eigenvalue weighted by atomic mass is 10.1. The molecule has 0 amide bonds. The molecule has 0 saturated carbocycles. The highest BCUT2D eigenvalue weighted by atomic mass is 35.5. The average molecular weight is 205 g/mol. The van der Waals surface area contributed by atoms with Gasteiger partial charge in [-0.2, -0.15) is 0 Å². The van der Waals surface area contributed by atoms with Crippen molar-refractivity contribution in [2.24, 2.45) is 0 Å². The number of carbonyl (C=O) groups is 1. The van der Waals surface area contributed by atoms with E-state index in [1.807, 2.05) is 24.3 Å². The summed E-state index contributed by atoms with van der Waals surface area (Å²) in [6, 6.07) is 7.84. The van der Waals surface area contributed by atoms with E-state index in [9.17, 15) is 4.79 Å². The Hall–Kier alpha value is -0.530. The molecular formula is C9H10Cl2O. The van der Waals surface area contributed by atoms with Gasteiger partial charge in [0.1, 0.15) is 0 Å². The quantitative estimate of drug-likeness (QED) is 0.636. The molecule has 66 valence electrons. The molecule has 1 nitrogen and oxygen atoms in total. The summed E-state index contributed by atoms with van der Waals surface area (Å²) in [5, 5.41) is 0. The summed E-state index contributed by atoms with van der Waals surface area (Å²) in [4.78, 5) is 11.1. The highest BCUT2D eigenvalue weighted by Gasteiger charge is 2.17. The molecule has 0 saturated heterocycles. The lowest BCUT2D eigenvalue weighted by Gasteiger charge is -1.92. The highest BCUT2D eigenvalue weighted by Crippen LogP contribution is 2.20. The van der Waals surface area contributed by atoms with Crippen LogP contribution in [0, 0.1) is 0 Å². The number of fused-ring (bicyclic) bond motifs is 1. The van der Waals surface area contributed by atoms with Gasteiger partial charge in [-0.25, -0.2) is 0 Å². The number of hydrogen-bond donors (Lipinski definition) is 0. The zero-order valence-electron chi connectivity index (χ0n) is 6.45. The standard InChI is InChI=1S/C9H8O.2ClH/c10-9-6-5-7-3-1-2-4-8(7)9;;/h1-4H,5-6H2;2*1H. The maximum Gasteiger partial charge on any atom is 0.163 e. The van der Waals surface area contributed by atoms with Crippen LogP contribution in [0.25, 0.3) is 0 Å². The maximum absolute atomic E-state index is 11.1. The van der Waals surface area contributed by atoms with E-state index in [4.69, 9.17) is 0 Å². The van der Waals surface area contributed by atoms with E-state index in [0.717, 1.165) is 12.0 Å². The van der Waals surface area contributed by atoms with E-state index >= 15 is 0 Å². The molecule has 12 heavy (non-hydrogen) atoms. The number of hydrogen-bond acceptors (Lipinski definition) is 1. The fourth-order valence-electron chi connectivity index (χ4n) is 1.39. The number of benzene rings is 1. The molecule has 0 aromatic heterocycles. The summed E-state index contributed by atoms with van der Waals surface area (Å²) in [5.41, 5.74) is 2.15. The van der Waals surface area contributed by atoms with Gasteiger partial charge in [0.05, 0.1) is 0 Å². The smallest absolute Gasteiger partial charge is 0.163 e. The molecule has 1 aliphatic rings. The van der Waals surface area contributed by atoms with Crippen LogP contribution in [0.2, 0.25) is 0 Å². The van der Waals surface area contributed by atoms with Crippen molar-refractivity contribution in [1.29, 1.82) is 0 Å². The lowest BCUT2D eigenvalue weighted by molar-refractivity contribution is 0.0994. The minimum atomic E-state index is 0. The van der Waals surface area contributed by atoms with Crippen molar-refractivity contribution in [1.82, 2.24) is 0 Å². The molecule has 0 aliphatic heterocycles. The minimum Gasteiger partial charge on any atom is -0.294 e. The summed E-state index contributed by atoms with van der Waals surface area (Å²) < 4.78 is 0.